The SMILES string of the molecule is O=C(NCc1cccc(Cl)c1)c1ccc(CN2C(=O)CNC2=O)cc1. The molecule has 0 unspecified atom stereocenters. The van der Waals surface area contributed by atoms with Gasteiger partial charge >= 0.3 is 6.03 Å². The maximum Gasteiger partial charge on any atom is 0.324 e. The number of imide groups is 1. The van der Waals surface area contributed by atoms with Crippen molar-refractivity contribution in [1.29, 1.82) is 0 Å². The Bertz CT molecular complexity index is 805. The van der Waals surface area contributed by atoms with Crippen LogP contribution in [-0.2, 0) is 17.9 Å². The van der Waals surface area contributed by atoms with Crippen LogP contribution in [0.15, 0.2) is 48.5 Å². The number of hydrogen-bond acceptors (Lipinski definition) is 3. The first-order valence-electron chi connectivity index (χ1n) is 7.73. The van der Waals surface area contributed by atoms with Gasteiger partial charge in [0.1, 0.15) is 0 Å². The summed E-state index contributed by atoms with van der Waals surface area (Å²) in [5, 5.41) is 5.91. The number of nitrogens with one attached hydrogen (secondary N) is 2. The van der Waals surface area contributed by atoms with Crippen LogP contribution in [0.4, 0.5) is 4.79 Å². The second kappa shape index (κ2) is 7.36. The van der Waals surface area contributed by atoms with Gasteiger partial charge < -0.3 is 10.6 Å². The van der Waals surface area contributed by atoms with Crippen LogP contribution in [0.2, 0.25) is 5.02 Å². The lowest BCUT2D eigenvalue weighted by Gasteiger charge is -2.12. The predicted molar refractivity (Wildman–Crippen MR) is 93.0 cm³/mol. The van der Waals surface area contributed by atoms with Gasteiger partial charge in [0.25, 0.3) is 5.91 Å². The number of rotatable bonds is 5. The molecule has 1 aliphatic heterocycles. The van der Waals surface area contributed by atoms with Crippen molar-refractivity contribution in [1.82, 2.24) is 15.5 Å². The molecule has 4 amide bonds. The highest BCUT2D eigenvalue weighted by Gasteiger charge is 2.28. The fourth-order valence-corrected chi connectivity index (χ4v) is 2.70. The molecule has 0 bridgehead atoms. The highest BCUT2D eigenvalue weighted by molar-refractivity contribution is 6.30. The van der Waals surface area contributed by atoms with Crippen LogP contribution >= 0.6 is 11.6 Å². The topological polar surface area (TPSA) is 78.5 Å². The normalized spacial score (nSPS) is 13.7. The highest BCUT2D eigenvalue weighted by Crippen LogP contribution is 2.12. The monoisotopic (exact) mass is 357 g/mol. The van der Waals surface area contributed by atoms with Crippen LogP contribution in [0.3, 0.4) is 0 Å². The zero-order valence-electron chi connectivity index (χ0n) is 13.3. The number of nitrogens with zero attached hydrogens (tertiary/aromatic N) is 1. The molecule has 1 fully saturated rings. The lowest BCUT2D eigenvalue weighted by Crippen LogP contribution is -2.30. The minimum Gasteiger partial charge on any atom is -0.348 e. The van der Waals surface area contributed by atoms with Crippen LogP contribution in [0.1, 0.15) is 21.5 Å². The smallest absolute Gasteiger partial charge is 0.324 e. The molecule has 6 nitrogen and oxygen atoms in total. The van der Waals surface area contributed by atoms with E-state index >= 15 is 0 Å². The van der Waals surface area contributed by atoms with Crippen molar-refractivity contribution in [3.05, 3.63) is 70.2 Å². The van der Waals surface area contributed by atoms with E-state index in [0.717, 1.165) is 16.0 Å². The Morgan fingerprint density at radius 3 is 2.52 bits per heavy atom. The lowest BCUT2D eigenvalue weighted by atomic mass is 10.1. The number of urea groups is 1. The number of amides is 4. The van der Waals surface area contributed by atoms with E-state index in [9.17, 15) is 14.4 Å². The summed E-state index contributed by atoms with van der Waals surface area (Å²) in [6, 6.07) is 13.7. The Kier molecular flexibility index (Phi) is 5.00. The molecule has 2 aromatic carbocycles. The third kappa shape index (κ3) is 4.16. The van der Waals surface area contributed by atoms with Crippen LogP contribution in [0.25, 0.3) is 0 Å². The highest BCUT2D eigenvalue weighted by atomic mass is 35.5. The minimum atomic E-state index is -0.395. The van der Waals surface area contributed by atoms with Crippen molar-refractivity contribution in [3.8, 4) is 0 Å². The van der Waals surface area contributed by atoms with Gasteiger partial charge in [-0.25, -0.2) is 4.79 Å². The summed E-state index contributed by atoms with van der Waals surface area (Å²) in [5.74, 6) is -0.463. The molecule has 1 heterocycles. The molecule has 0 atom stereocenters. The molecular weight excluding hydrogens is 342 g/mol. The first-order chi connectivity index (χ1) is 12.0. The summed E-state index contributed by atoms with van der Waals surface area (Å²) in [5.41, 5.74) is 2.19. The van der Waals surface area contributed by atoms with Crippen molar-refractivity contribution in [2.45, 2.75) is 13.1 Å². The molecule has 3 rings (SSSR count). The van der Waals surface area contributed by atoms with E-state index in [-0.39, 0.29) is 24.9 Å². The van der Waals surface area contributed by atoms with Crippen molar-refractivity contribution in [2.24, 2.45) is 0 Å². The van der Waals surface area contributed by atoms with Crippen molar-refractivity contribution < 1.29 is 14.4 Å². The van der Waals surface area contributed by atoms with E-state index in [4.69, 9.17) is 11.6 Å². The standard InChI is InChI=1S/C18H16ClN3O3/c19-15-3-1-2-13(8-15)9-20-17(24)14-6-4-12(5-7-14)11-22-16(23)10-21-18(22)25/h1-8H,9-11H2,(H,20,24)(H,21,25). The second-order valence-corrected chi connectivity index (χ2v) is 6.08. The van der Waals surface area contributed by atoms with Crippen LogP contribution in [0, 0.1) is 0 Å². The van der Waals surface area contributed by atoms with Gasteiger partial charge in [-0.3, -0.25) is 14.5 Å². The Morgan fingerprint density at radius 2 is 1.88 bits per heavy atom. The number of halogens is 1. The molecule has 128 valence electrons. The predicted octanol–water partition coefficient (Wildman–Crippen LogP) is 2.32. The zero-order chi connectivity index (χ0) is 17.8. The van der Waals surface area contributed by atoms with Crippen LogP contribution in [-0.4, -0.2) is 29.3 Å². The molecule has 25 heavy (non-hydrogen) atoms. The molecule has 1 saturated heterocycles. The van der Waals surface area contributed by atoms with Crippen LogP contribution < -0.4 is 10.6 Å². The van der Waals surface area contributed by atoms with Crippen molar-refractivity contribution >= 4 is 29.4 Å². The van der Waals surface area contributed by atoms with Gasteiger partial charge in [-0.1, -0.05) is 35.9 Å². The summed E-state index contributed by atoms with van der Waals surface area (Å²) in [6.45, 7) is 0.599. The average molecular weight is 358 g/mol. The van der Waals surface area contributed by atoms with Gasteiger partial charge in [0.2, 0.25) is 5.91 Å². The number of carbonyl (C=O) groups is 3. The first kappa shape index (κ1) is 17.0. The molecule has 0 spiro atoms. The van der Waals surface area contributed by atoms with E-state index in [0.29, 0.717) is 17.1 Å². The lowest BCUT2D eigenvalue weighted by molar-refractivity contribution is -0.125. The third-order valence-corrected chi connectivity index (χ3v) is 4.07. The number of carbonyl (C=O) groups excluding carboxylic acids is 3. The molecule has 7 heteroatoms. The summed E-state index contributed by atoms with van der Waals surface area (Å²) in [6.07, 6.45) is 0. The van der Waals surface area contributed by atoms with Crippen molar-refractivity contribution in [3.63, 3.8) is 0 Å². The van der Waals surface area contributed by atoms with Gasteiger partial charge in [-0.05, 0) is 35.4 Å². The van der Waals surface area contributed by atoms with Gasteiger partial charge in [0.15, 0.2) is 0 Å². The average Bonchev–Trinajstić information content (AvgIpc) is 2.92. The van der Waals surface area contributed by atoms with Gasteiger partial charge in [0, 0.05) is 17.1 Å². The van der Waals surface area contributed by atoms with E-state index in [2.05, 4.69) is 10.6 Å². The number of benzene rings is 2. The summed E-state index contributed by atoms with van der Waals surface area (Å²) < 4.78 is 0. The quantitative estimate of drug-likeness (QED) is 0.806. The fourth-order valence-electron chi connectivity index (χ4n) is 2.49. The Labute approximate surface area is 149 Å². The third-order valence-electron chi connectivity index (χ3n) is 3.84. The van der Waals surface area contributed by atoms with E-state index in [1.807, 2.05) is 12.1 Å². The molecule has 0 radical (unpaired) electrons. The fraction of sp³-hybridized carbons (Fsp3) is 0.167. The second-order valence-electron chi connectivity index (χ2n) is 5.65. The van der Waals surface area contributed by atoms with Gasteiger partial charge in [0.05, 0.1) is 13.1 Å². The van der Waals surface area contributed by atoms with Gasteiger partial charge in [-0.2, -0.15) is 0 Å². The zero-order valence-corrected chi connectivity index (χ0v) is 14.0. The molecule has 2 N–H and O–H groups in total. The maximum atomic E-state index is 12.2. The van der Waals surface area contributed by atoms with Crippen LogP contribution in [0.5, 0.6) is 0 Å². The van der Waals surface area contributed by atoms with E-state index < -0.39 is 6.03 Å². The molecule has 0 saturated carbocycles. The minimum absolute atomic E-state index is 0.0306. The first-order valence-corrected chi connectivity index (χ1v) is 8.10. The molecule has 0 aromatic heterocycles. The van der Waals surface area contributed by atoms with E-state index in [1.54, 1.807) is 36.4 Å². The van der Waals surface area contributed by atoms with E-state index in [1.165, 1.54) is 0 Å². The Balaban J connectivity index is 1.59. The molecular formula is C18H16ClN3O3. The Hall–Kier alpha value is -2.86. The maximum absolute atomic E-state index is 12.2. The van der Waals surface area contributed by atoms with Gasteiger partial charge in [-0.15, -0.1) is 0 Å². The summed E-state index contributed by atoms with van der Waals surface area (Å²) >= 11 is 5.92. The summed E-state index contributed by atoms with van der Waals surface area (Å²) in [7, 11) is 0. The van der Waals surface area contributed by atoms with Crippen molar-refractivity contribution in [2.75, 3.05) is 6.54 Å². The summed E-state index contributed by atoms with van der Waals surface area (Å²) in [4.78, 5) is 36.4. The molecule has 2 aromatic rings. The molecule has 0 aliphatic carbocycles. The largest absolute Gasteiger partial charge is 0.348 e. The molecule has 1 aliphatic rings. The number of hydrogen-bond donors (Lipinski definition) is 2. The Morgan fingerprint density at radius 1 is 1.12 bits per heavy atom.